The summed E-state index contributed by atoms with van der Waals surface area (Å²) in [6.45, 7) is 0. The van der Waals surface area contributed by atoms with Crippen molar-refractivity contribution < 1.29 is 14.3 Å². The summed E-state index contributed by atoms with van der Waals surface area (Å²) in [7, 11) is 1.61. The van der Waals surface area contributed by atoms with Gasteiger partial charge in [0.1, 0.15) is 17.6 Å². The first-order valence-corrected chi connectivity index (χ1v) is 6.93. The molecular weight excluding hydrogens is 270 g/mol. The molecule has 2 heterocycles. The second kappa shape index (κ2) is 5.47. The Morgan fingerprint density at radius 1 is 1.38 bits per heavy atom. The van der Waals surface area contributed by atoms with Crippen LogP contribution in [0.2, 0.25) is 0 Å². The molecule has 0 radical (unpaired) electrons. The molecule has 1 aromatic heterocycles. The minimum atomic E-state index is -0.452. The molecule has 6 nitrogen and oxygen atoms in total. The molecule has 110 valence electrons. The van der Waals surface area contributed by atoms with Crippen LogP contribution in [0.4, 0.5) is 5.82 Å². The van der Waals surface area contributed by atoms with Crippen LogP contribution in [0.25, 0.3) is 10.9 Å². The number of methoxy groups -OCH3 is 1. The minimum Gasteiger partial charge on any atom is -0.497 e. The molecule has 0 spiro atoms. The van der Waals surface area contributed by atoms with E-state index in [9.17, 15) is 9.59 Å². The van der Waals surface area contributed by atoms with Crippen molar-refractivity contribution >= 4 is 28.5 Å². The highest BCUT2D eigenvalue weighted by atomic mass is 16.5. The highest BCUT2D eigenvalue weighted by Gasteiger charge is 2.24. The number of carbonyl (C=O) groups excluding carboxylic acids is 2. The quantitative estimate of drug-likeness (QED) is 0.804. The second-order valence-electron chi connectivity index (χ2n) is 5.14. The van der Waals surface area contributed by atoms with Gasteiger partial charge in [-0.2, -0.15) is 0 Å². The molecule has 0 aliphatic carbocycles. The van der Waals surface area contributed by atoms with Crippen molar-refractivity contribution in [2.75, 3.05) is 12.4 Å². The molecule has 2 amide bonds. The first-order chi connectivity index (χ1) is 10.2. The average molecular weight is 287 g/mol. The topological polar surface area (TPSA) is 83.2 Å². The molecular formula is C15H17N3O3. The Morgan fingerprint density at radius 2 is 2.24 bits per heavy atom. The van der Waals surface area contributed by atoms with Crippen LogP contribution in [-0.2, 0) is 9.59 Å². The van der Waals surface area contributed by atoms with Gasteiger partial charge in [0.15, 0.2) is 0 Å². The summed E-state index contributed by atoms with van der Waals surface area (Å²) in [4.78, 5) is 26.6. The molecule has 6 heteroatoms. The molecule has 1 fully saturated rings. The molecule has 0 saturated carbocycles. The van der Waals surface area contributed by atoms with Gasteiger partial charge in [0.25, 0.3) is 0 Å². The number of aromatic nitrogens is 1. The fourth-order valence-corrected chi connectivity index (χ4v) is 2.53. The number of amides is 2. The van der Waals surface area contributed by atoms with Crippen LogP contribution < -0.4 is 15.4 Å². The van der Waals surface area contributed by atoms with E-state index in [1.807, 2.05) is 24.3 Å². The molecule has 21 heavy (non-hydrogen) atoms. The summed E-state index contributed by atoms with van der Waals surface area (Å²) in [6, 6.07) is 7.04. The van der Waals surface area contributed by atoms with Gasteiger partial charge in [-0.1, -0.05) is 0 Å². The van der Waals surface area contributed by atoms with Crippen LogP contribution in [0.5, 0.6) is 5.75 Å². The van der Waals surface area contributed by atoms with Crippen LogP contribution >= 0.6 is 0 Å². The minimum absolute atomic E-state index is 0.0669. The zero-order valence-electron chi connectivity index (χ0n) is 11.7. The van der Waals surface area contributed by atoms with Gasteiger partial charge < -0.3 is 20.4 Å². The Labute approximate surface area is 121 Å². The van der Waals surface area contributed by atoms with Gasteiger partial charge in [-0.25, -0.2) is 0 Å². The van der Waals surface area contributed by atoms with E-state index in [4.69, 9.17) is 4.74 Å². The Bertz CT molecular complexity index is 693. The molecule has 0 bridgehead atoms. The molecule has 3 N–H and O–H groups in total. The SMILES string of the molecule is COc1ccc2[nH]c(NC(=O)[C@H]3CCCC(=O)N3)cc2c1. The highest BCUT2D eigenvalue weighted by Crippen LogP contribution is 2.23. The van der Waals surface area contributed by atoms with E-state index in [-0.39, 0.29) is 11.8 Å². The van der Waals surface area contributed by atoms with Crippen molar-refractivity contribution in [1.29, 1.82) is 0 Å². The fourth-order valence-electron chi connectivity index (χ4n) is 2.53. The number of aromatic amines is 1. The van der Waals surface area contributed by atoms with Gasteiger partial charge >= 0.3 is 0 Å². The second-order valence-corrected chi connectivity index (χ2v) is 5.14. The lowest BCUT2D eigenvalue weighted by atomic mass is 10.0. The van der Waals surface area contributed by atoms with Crippen LogP contribution in [-0.4, -0.2) is 29.9 Å². The molecule has 1 atom stereocenters. The lowest BCUT2D eigenvalue weighted by molar-refractivity contribution is -0.128. The third-order valence-electron chi connectivity index (χ3n) is 3.63. The number of benzene rings is 1. The summed E-state index contributed by atoms with van der Waals surface area (Å²) in [5.74, 6) is 1.12. The zero-order chi connectivity index (χ0) is 14.8. The zero-order valence-corrected chi connectivity index (χ0v) is 11.7. The molecule has 3 rings (SSSR count). The summed E-state index contributed by atoms with van der Waals surface area (Å²) in [6.07, 6.45) is 1.91. The number of anilines is 1. The number of carbonyl (C=O) groups is 2. The van der Waals surface area contributed by atoms with E-state index >= 15 is 0 Å². The molecule has 1 aliphatic rings. The summed E-state index contributed by atoms with van der Waals surface area (Å²) < 4.78 is 5.17. The van der Waals surface area contributed by atoms with E-state index in [1.165, 1.54) is 0 Å². The van der Waals surface area contributed by atoms with Crippen LogP contribution in [0, 0.1) is 0 Å². The van der Waals surface area contributed by atoms with Crippen LogP contribution in [0.3, 0.4) is 0 Å². The standard InChI is InChI=1S/C15H17N3O3/c1-21-10-5-6-11-9(7-10)8-13(16-11)18-15(20)12-3-2-4-14(19)17-12/h5-8,12,16H,2-4H2,1H3,(H,17,19)(H,18,20)/t12-/m1/s1. The van der Waals surface area contributed by atoms with Gasteiger partial charge in [-0.05, 0) is 37.1 Å². The Balaban J connectivity index is 1.75. The van der Waals surface area contributed by atoms with Crippen molar-refractivity contribution in [3.63, 3.8) is 0 Å². The average Bonchev–Trinajstić information content (AvgIpc) is 2.88. The third kappa shape index (κ3) is 2.84. The van der Waals surface area contributed by atoms with Crippen molar-refractivity contribution in [2.24, 2.45) is 0 Å². The van der Waals surface area contributed by atoms with Gasteiger partial charge in [-0.3, -0.25) is 9.59 Å². The van der Waals surface area contributed by atoms with Gasteiger partial charge in [0.2, 0.25) is 11.8 Å². The number of rotatable bonds is 3. The summed E-state index contributed by atoms with van der Waals surface area (Å²) in [5.41, 5.74) is 0.916. The largest absolute Gasteiger partial charge is 0.497 e. The maximum Gasteiger partial charge on any atom is 0.248 e. The van der Waals surface area contributed by atoms with E-state index in [1.54, 1.807) is 7.11 Å². The van der Waals surface area contributed by atoms with Crippen molar-refractivity contribution in [1.82, 2.24) is 10.3 Å². The van der Waals surface area contributed by atoms with Crippen molar-refractivity contribution in [3.8, 4) is 5.75 Å². The van der Waals surface area contributed by atoms with Crippen LogP contribution in [0.15, 0.2) is 24.3 Å². The van der Waals surface area contributed by atoms with E-state index in [0.717, 1.165) is 23.1 Å². The Kier molecular flexibility index (Phi) is 3.51. The Hall–Kier alpha value is -2.50. The predicted octanol–water partition coefficient (Wildman–Crippen LogP) is 1.78. The lowest BCUT2D eigenvalue weighted by Gasteiger charge is -2.21. The maximum absolute atomic E-state index is 12.1. The summed E-state index contributed by atoms with van der Waals surface area (Å²) in [5, 5.41) is 6.47. The summed E-state index contributed by atoms with van der Waals surface area (Å²) >= 11 is 0. The first kappa shape index (κ1) is 13.5. The lowest BCUT2D eigenvalue weighted by Crippen LogP contribution is -2.46. The van der Waals surface area contributed by atoms with Gasteiger partial charge in [-0.15, -0.1) is 0 Å². The number of hydrogen-bond acceptors (Lipinski definition) is 3. The van der Waals surface area contributed by atoms with Gasteiger partial charge in [0.05, 0.1) is 7.11 Å². The van der Waals surface area contributed by atoms with E-state index in [2.05, 4.69) is 15.6 Å². The maximum atomic E-state index is 12.1. The highest BCUT2D eigenvalue weighted by molar-refractivity contribution is 5.99. The Morgan fingerprint density at radius 3 is 3.00 bits per heavy atom. The van der Waals surface area contributed by atoms with Crippen molar-refractivity contribution in [2.45, 2.75) is 25.3 Å². The van der Waals surface area contributed by atoms with E-state index < -0.39 is 6.04 Å². The number of piperidine rings is 1. The van der Waals surface area contributed by atoms with Crippen molar-refractivity contribution in [3.05, 3.63) is 24.3 Å². The smallest absolute Gasteiger partial charge is 0.248 e. The normalized spacial score (nSPS) is 18.3. The molecule has 1 aromatic carbocycles. The monoisotopic (exact) mass is 287 g/mol. The molecule has 2 aromatic rings. The predicted molar refractivity (Wildman–Crippen MR) is 79.3 cm³/mol. The molecule has 1 saturated heterocycles. The molecule has 0 unspecified atom stereocenters. The van der Waals surface area contributed by atoms with Gasteiger partial charge in [0, 0.05) is 17.3 Å². The number of ether oxygens (including phenoxy) is 1. The number of hydrogen-bond donors (Lipinski definition) is 3. The number of H-pyrrole nitrogens is 1. The molecule has 1 aliphatic heterocycles. The fraction of sp³-hybridized carbons (Fsp3) is 0.333. The number of nitrogens with one attached hydrogen (secondary N) is 3. The third-order valence-corrected chi connectivity index (χ3v) is 3.63. The first-order valence-electron chi connectivity index (χ1n) is 6.93. The van der Waals surface area contributed by atoms with E-state index in [0.29, 0.717) is 18.7 Å². The van der Waals surface area contributed by atoms with Crippen LogP contribution in [0.1, 0.15) is 19.3 Å². The number of fused-ring (bicyclic) bond motifs is 1.